The van der Waals surface area contributed by atoms with E-state index in [4.69, 9.17) is 9.15 Å². The molecule has 2 aromatic rings. The van der Waals surface area contributed by atoms with Crippen molar-refractivity contribution < 1.29 is 14.3 Å². The van der Waals surface area contributed by atoms with Gasteiger partial charge in [-0.2, -0.15) is 0 Å². The Morgan fingerprint density at radius 1 is 1.37 bits per heavy atom. The van der Waals surface area contributed by atoms with Gasteiger partial charge in [0.25, 0.3) is 5.89 Å². The second-order valence-electron chi connectivity index (χ2n) is 4.09. The van der Waals surface area contributed by atoms with Gasteiger partial charge in [-0.1, -0.05) is 22.9 Å². The van der Waals surface area contributed by atoms with Crippen LogP contribution >= 0.6 is 15.9 Å². The molecule has 0 aliphatic heterocycles. The summed E-state index contributed by atoms with van der Waals surface area (Å²) in [5.74, 6) is 1.62. The summed E-state index contributed by atoms with van der Waals surface area (Å²) < 4.78 is 11.9. The predicted molar refractivity (Wildman–Crippen MR) is 72.8 cm³/mol. The van der Waals surface area contributed by atoms with Gasteiger partial charge in [0.05, 0.1) is 6.10 Å². The van der Waals surface area contributed by atoms with E-state index in [1.54, 1.807) is 13.0 Å². The van der Waals surface area contributed by atoms with Crippen LogP contribution in [0.25, 0.3) is 0 Å². The van der Waals surface area contributed by atoms with Gasteiger partial charge in [-0.05, 0) is 25.1 Å². The zero-order valence-corrected chi connectivity index (χ0v) is 12.3. The van der Waals surface area contributed by atoms with E-state index in [1.807, 2.05) is 19.1 Å². The maximum atomic E-state index is 9.72. The van der Waals surface area contributed by atoms with Crippen LogP contribution in [0.4, 0.5) is 0 Å². The molecule has 0 saturated heterocycles. The summed E-state index contributed by atoms with van der Waals surface area (Å²) in [6, 6.07) is 5.47. The highest BCUT2D eigenvalue weighted by atomic mass is 79.9. The van der Waals surface area contributed by atoms with E-state index in [0.29, 0.717) is 29.5 Å². The first-order valence-corrected chi connectivity index (χ1v) is 6.81. The first-order chi connectivity index (χ1) is 9.10. The fourth-order valence-corrected chi connectivity index (χ4v) is 1.99. The minimum absolute atomic E-state index is 0.189. The molecule has 1 aromatic carbocycles. The van der Waals surface area contributed by atoms with E-state index in [1.165, 1.54) is 0 Å². The van der Waals surface area contributed by atoms with Gasteiger partial charge in [-0.25, -0.2) is 0 Å². The molecule has 0 bridgehead atoms. The standard InChI is InChI=1S/C13H15BrN2O3/c1-3-12-15-16-13(19-12)7-18-11-5-4-9(14)6-10(11)8(2)17/h4-6,8,17H,3,7H2,1-2H3. The van der Waals surface area contributed by atoms with Crippen molar-refractivity contribution in [3.63, 3.8) is 0 Å². The van der Waals surface area contributed by atoms with Gasteiger partial charge in [0.15, 0.2) is 6.61 Å². The van der Waals surface area contributed by atoms with Crippen LogP contribution in [0.5, 0.6) is 5.75 Å². The van der Waals surface area contributed by atoms with E-state index >= 15 is 0 Å². The molecule has 2 rings (SSSR count). The monoisotopic (exact) mass is 326 g/mol. The third-order valence-electron chi connectivity index (χ3n) is 2.58. The third kappa shape index (κ3) is 3.54. The summed E-state index contributed by atoms with van der Waals surface area (Å²) in [7, 11) is 0. The Balaban J connectivity index is 2.10. The highest BCUT2D eigenvalue weighted by molar-refractivity contribution is 9.10. The largest absolute Gasteiger partial charge is 0.483 e. The van der Waals surface area contributed by atoms with Crippen molar-refractivity contribution in [2.75, 3.05) is 0 Å². The van der Waals surface area contributed by atoms with Gasteiger partial charge < -0.3 is 14.3 Å². The van der Waals surface area contributed by atoms with Gasteiger partial charge in [0.2, 0.25) is 5.89 Å². The van der Waals surface area contributed by atoms with Crippen LogP contribution in [-0.4, -0.2) is 15.3 Å². The SMILES string of the molecule is CCc1nnc(COc2ccc(Br)cc2C(C)O)o1. The molecule has 0 fully saturated rings. The molecule has 102 valence electrons. The molecule has 6 heteroatoms. The van der Waals surface area contributed by atoms with Gasteiger partial charge in [0.1, 0.15) is 5.75 Å². The molecule has 1 N–H and O–H groups in total. The molecule has 1 aromatic heterocycles. The number of rotatable bonds is 5. The van der Waals surface area contributed by atoms with Crippen LogP contribution in [0.2, 0.25) is 0 Å². The van der Waals surface area contributed by atoms with Crippen molar-refractivity contribution in [3.05, 3.63) is 40.0 Å². The second-order valence-corrected chi connectivity index (χ2v) is 5.01. The molecule has 0 amide bonds. The number of benzene rings is 1. The summed E-state index contributed by atoms with van der Waals surface area (Å²) in [5, 5.41) is 17.5. The van der Waals surface area contributed by atoms with E-state index in [-0.39, 0.29) is 6.61 Å². The number of aliphatic hydroxyl groups is 1. The normalized spacial score (nSPS) is 12.4. The zero-order valence-electron chi connectivity index (χ0n) is 10.8. The Labute approximate surface area is 119 Å². The zero-order chi connectivity index (χ0) is 13.8. The number of aromatic nitrogens is 2. The highest BCUT2D eigenvalue weighted by Crippen LogP contribution is 2.29. The quantitative estimate of drug-likeness (QED) is 0.914. The molecule has 0 aliphatic rings. The average Bonchev–Trinajstić information content (AvgIpc) is 2.85. The summed E-state index contributed by atoms with van der Waals surface area (Å²) in [6.07, 6.45) is 0.0888. The van der Waals surface area contributed by atoms with Crippen LogP contribution in [-0.2, 0) is 13.0 Å². The topological polar surface area (TPSA) is 68.4 Å². The summed E-state index contributed by atoms with van der Waals surface area (Å²) in [6.45, 7) is 3.82. The molecule has 0 spiro atoms. The lowest BCUT2D eigenvalue weighted by Crippen LogP contribution is -2.01. The minimum atomic E-state index is -0.610. The lowest BCUT2D eigenvalue weighted by atomic mass is 10.1. The average molecular weight is 327 g/mol. The van der Waals surface area contributed by atoms with Gasteiger partial charge in [-0.3, -0.25) is 0 Å². The first-order valence-electron chi connectivity index (χ1n) is 6.01. The number of ether oxygens (including phenoxy) is 1. The second kappa shape index (κ2) is 6.16. The molecule has 0 aliphatic carbocycles. The van der Waals surface area contributed by atoms with Crippen molar-refractivity contribution in [2.45, 2.75) is 33.0 Å². The van der Waals surface area contributed by atoms with Gasteiger partial charge in [-0.15, -0.1) is 10.2 Å². The number of hydrogen-bond donors (Lipinski definition) is 1. The number of aryl methyl sites for hydroxylation is 1. The Hall–Kier alpha value is -1.40. The summed E-state index contributed by atoms with van der Waals surface area (Å²) in [4.78, 5) is 0. The van der Waals surface area contributed by atoms with Crippen LogP contribution < -0.4 is 4.74 Å². The van der Waals surface area contributed by atoms with Crippen LogP contribution in [0.15, 0.2) is 27.1 Å². The Morgan fingerprint density at radius 2 is 2.11 bits per heavy atom. The van der Waals surface area contributed by atoms with Crippen molar-refractivity contribution in [2.24, 2.45) is 0 Å². The van der Waals surface area contributed by atoms with E-state index in [0.717, 1.165) is 4.47 Å². The number of aliphatic hydroxyl groups excluding tert-OH is 1. The van der Waals surface area contributed by atoms with E-state index in [2.05, 4.69) is 26.1 Å². The fraction of sp³-hybridized carbons (Fsp3) is 0.385. The van der Waals surface area contributed by atoms with Crippen LogP contribution in [0.1, 0.15) is 37.3 Å². The van der Waals surface area contributed by atoms with Crippen molar-refractivity contribution in [1.82, 2.24) is 10.2 Å². The number of nitrogens with zero attached hydrogens (tertiary/aromatic N) is 2. The molecule has 1 heterocycles. The van der Waals surface area contributed by atoms with E-state index < -0.39 is 6.10 Å². The van der Waals surface area contributed by atoms with Crippen molar-refractivity contribution >= 4 is 15.9 Å². The molecular weight excluding hydrogens is 312 g/mol. The minimum Gasteiger partial charge on any atom is -0.483 e. The predicted octanol–water partition coefficient (Wildman–Crippen LogP) is 3.03. The van der Waals surface area contributed by atoms with Crippen LogP contribution in [0, 0.1) is 0 Å². The fourth-order valence-electron chi connectivity index (χ4n) is 1.61. The van der Waals surface area contributed by atoms with Gasteiger partial charge >= 0.3 is 0 Å². The van der Waals surface area contributed by atoms with Crippen molar-refractivity contribution in [1.29, 1.82) is 0 Å². The molecular formula is C13H15BrN2O3. The highest BCUT2D eigenvalue weighted by Gasteiger charge is 2.12. The maximum absolute atomic E-state index is 9.72. The molecule has 5 nitrogen and oxygen atoms in total. The van der Waals surface area contributed by atoms with Gasteiger partial charge in [0, 0.05) is 16.5 Å². The molecule has 0 radical (unpaired) electrons. The summed E-state index contributed by atoms with van der Waals surface area (Å²) >= 11 is 3.37. The van der Waals surface area contributed by atoms with Crippen LogP contribution in [0.3, 0.4) is 0 Å². The number of halogens is 1. The molecule has 1 unspecified atom stereocenters. The Morgan fingerprint density at radius 3 is 2.74 bits per heavy atom. The number of hydrogen-bond acceptors (Lipinski definition) is 5. The molecule has 19 heavy (non-hydrogen) atoms. The van der Waals surface area contributed by atoms with Crippen molar-refractivity contribution in [3.8, 4) is 5.75 Å². The summed E-state index contributed by atoms with van der Waals surface area (Å²) in [5.41, 5.74) is 0.713. The first kappa shape index (κ1) is 14.0. The van der Waals surface area contributed by atoms with E-state index in [9.17, 15) is 5.11 Å². The maximum Gasteiger partial charge on any atom is 0.253 e. The molecule has 0 saturated carbocycles. The Bertz CT molecular complexity index is 555. The lowest BCUT2D eigenvalue weighted by Gasteiger charge is -2.12. The third-order valence-corrected chi connectivity index (χ3v) is 3.08. The molecule has 1 atom stereocenters. The Kier molecular flexibility index (Phi) is 4.55. The smallest absolute Gasteiger partial charge is 0.253 e. The lowest BCUT2D eigenvalue weighted by molar-refractivity contribution is 0.186.